The summed E-state index contributed by atoms with van der Waals surface area (Å²) in [5.41, 5.74) is 5.88. The third kappa shape index (κ3) is 5.83. The topological polar surface area (TPSA) is 247 Å². The number of ketones is 3. The van der Waals surface area contributed by atoms with Gasteiger partial charge < -0.3 is 49.2 Å². The molecule has 0 saturated carbocycles. The first-order valence-corrected chi connectivity index (χ1v) is 15.8. The molecule has 2 aromatic rings. The first kappa shape index (κ1) is 34.7. The maximum Gasteiger partial charge on any atom is 0.202 e. The molecule has 16 nitrogen and oxygen atoms in total. The van der Waals surface area contributed by atoms with E-state index in [0.29, 0.717) is 0 Å². The molecule has 2 saturated heterocycles. The first-order chi connectivity index (χ1) is 23.2. The summed E-state index contributed by atoms with van der Waals surface area (Å²) in [6, 6.07) is 3.46. The summed E-state index contributed by atoms with van der Waals surface area (Å²) in [6.07, 6.45) is -9.24. The Hall–Kier alpha value is -4.12. The van der Waals surface area contributed by atoms with Crippen LogP contribution >= 0.6 is 0 Å². The third-order valence-electron chi connectivity index (χ3n) is 9.87. The molecule has 2 heterocycles. The lowest BCUT2D eigenvalue weighted by atomic mass is 9.72. The van der Waals surface area contributed by atoms with Crippen molar-refractivity contribution in [2.24, 2.45) is 5.11 Å². The van der Waals surface area contributed by atoms with Gasteiger partial charge >= 0.3 is 0 Å². The van der Waals surface area contributed by atoms with Crippen LogP contribution in [0, 0.1) is 0 Å². The van der Waals surface area contributed by atoms with Crippen molar-refractivity contribution < 1.29 is 63.6 Å². The molecule has 6 rings (SSSR count). The molecule has 0 aromatic heterocycles. The van der Waals surface area contributed by atoms with Crippen LogP contribution in [0.5, 0.6) is 17.2 Å². The molecule has 16 heteroatoms. The number of phenolic OH excluding ortho intramolecular Hbond substituents is 2. The summed E-state index contributed by atoms with van der Waals surface area (Å²) < 4.78 is 29.4. The number of azide groups is 1. The fourth-order valence-electron chi connectivity index (χ4n) is 7.26. The highest BCUT2D eigenvalue weighted by Gasteiger charge is 2.50. The molecule has 49 heavy (non-hydrogen) atoms. The van der Waals surface area contributed by atoms with Crippen molar-refractivity contribution in [2.45, 2.75) is 107 Å². The molecule has 0 amide bonds. The number of Topliss-reactive ketones (excluding diaryl/α,β-unsaturated/α-hetero) is 1. The van der Waals surface area contributed by atoms with Gasteiger partial charge in [-0.3, -0.25) is 14.4 Å². The largest absolute Gasteiger partial charge is 0.507 e. The van der Waals surface area contributed by atoms with E-state index in [1.165, 1.54) is 25.3 Å². The number of fused-ring (bicyclic) bond motifs is 3. The van der Waals surface area contributed by atoms with Gasteiger partial charge in [-0.05, 0) is 32.4 Å². The molecule has 262 valence electrons. The predicted octanol–water partition coefficient (Wildman–Crippen LogP) is 2.26. The number of hydrogen-bond acceptors (Lipinski definition) is 14. The van der Waals surface area contributed by atoms with Crippen molar-refractivity contribution in [3.8, 4) is 17.2 Å². The summed E-state index contributed by atoms with van der Waals surface area (Å²) in [5, 5.41) is 58.8. The fourth-order valence-corrected chi connectivity index (χ4v) is 7.26. The molecule has 0 spiro atoms. The number of carbonyl (C=O) groups is 3. The lowest BCUT2D eigenvalue weighted by molar-refractivity contribution is -0.302. The van der Waals surface area contributed by atoms with Crippen LogP contribution < -0.4 is 4.74 Å². The van der Waals surface area contributed by atoms with Gasteiger partial charge in [0.25, 0.3) is 0 Å². The van der Waals surface area contributed by atoms with Crippen LogP contribution in [0.2, 0.25) is 0 Å². The fraction of sp³-hybridized carbons (Fsp3) is 0.545. The van der Waals surface area contributed by atoms with Gasteiger partial charge in [-0.1, -0.05) is 17.2 Å². The van der Waals surface area contributed by atoms with E-state index >= 15 is 0 Å². The number of nitrogens with zero attached hydrogens (tertiary/aromatic N) is 3. The normalized spacial score (nSPS) is 33.9. The van der Waals surface area contributed by atoms with Crippen LogP contribution in [0.1, 0.15) is 89.1 Å². The Kier molecular flexibility index (Phi) is 9.19. The van der Waals surface area contributed by atoms with Gasteiger partial charge in [-0.25, -0.2) is 0 Å². The minimum atomic E-state index is -2.10. The van der Waals surface area contributed by atoms with Crippen LogP contribution in [0.4, 0.5) is 0 Å². The van der Waals surface area contributed by atoms with E-state index in [-0.39, 0.29) is 40.8 Å². The minimum Gasteiger partial charge on any atom is -0.507 e. The average Bonchev–Trinajstić information content (AvgIpc) is 3.05. The number of rotatable bonds is 7. The Morgan fingerprint density at radius 1 is 1.00 bits per heavy atom. The number of aromatic hydroxyl groups is 2. The number of benzene rings is 2. The Morgan fingerprint density at radius 2 is 1.67 bits per heavy atom. The molecule has 5 N–H and O–H groups in total. The molecule has 2 aliphatic heterocycles. The maximum absolute atomic E-state index is 13.9. The highest BCUT2D eigenvalue weighted by molar-refractivity contribution is 6.31. The van der Waals surface area contributed by atoms with Crippen LogP contribution in [0.3, 0.4) is 0 Å². The summed E-state index contributed by atoms with van der Waals surface area (Å²) in [5.74, 6) is -3.50. The van der Waals surface area contributed by atoms with Crippen LogP contribution in [0.25, 0.3) is 10.4 Å². The Balaban J connectivity index is 1.36. The summed E-state index contributed by atoms with van der Waals surface area (Å²) >= 11 is 0. The van der Waals surface area contributed by atoms with Crippen molar-refractivity contribution in [2.75, 3.05) is 7.11 Å². The highest BCUT2D eigenvalue weighted by atomic mass is 16.7. The molecule has 10 atom stereocenters. The zero-order chi connectivity index (χ0) is 35.5. The van der Waals surface area contributed by atoms with Crippen molar-refractivity contribution in [3.05, 3.63) is 62.0 Å². The first-order valence-electron chi connectivity index (χ1n) is 15.8. The molecular formula is C33H37N3O13. The molecule has 2 aliphatic carbocycles. The monoisotopic (exact) mass is 683 g/mol. The SMILES string of the molecule is COc1cccc2c1C(=O)c1c(O)c3c(c(O)c1C2=O)C[C@@](O)(C(C)=O)C[C@@H]3O[C@H]1CC(N=[N+]=[N-])[C@H](O[C@H]2C[C@H](O)[C@@H](O)[C@H](C)O2)[C@H](C)O1. The Labute approximate surface area is 279 Å². The van der Waals surface area contributed by atoms with Gasteiger partial charge in [-0.2, -0.15) is 0 Å². The van der Waals surface area contributed by atoms with E-state index in [1.54, 1.807) is 13.8 Å². The van der Waals surface area contributed by atoms with Crippen LogP contribution in [0.15, 0.2) is 23.3 Å². The second-order valence-corrected chi connectivity index (χ2v) is 12.9. The molecular weight excluding hydrogens is 646 g/mol. The third-order valence-corrected chi connectivity index (χ3v) is 9.87. The maximum atomic E-state index is 13.9. The van der Waals surface area contributed by atoms with Crippen molar-refractivity contribution >= 4 is 17.3 Å². The Morgan fingerprint density at radius 3 is 2.33 bits per heavy atom. The average molecular weight is 684 g/mol. The zero-order valence-corrected chi connectivity index (χ0v) is 27.1. The van der Waals surface area contributed by atoms with Crippen LogP contribution in [-0.4, -0.2) is 105 Å². The summed E-state index contributed by atoms with van der Waals surface area (Å²) in [7, 11) is 1.32. The molecule has 1 unspecified atom stereocenters. The molecule has 2 fully saturated rings. The number of carbonyl (C=O) groups excluding carboxylic acids is 3. The number of aliphatic hydroxyl groups excluding tert-OH is 2. The van der Waals surface area contributed by atoms with E-state index in [4.69, 9.17) is 23.7 Å². The molecule has 4 aliphatic rings. The van der Waals surface area contributed by atoms with E-state index in [1.807, 2.05) is 0 Å². The quantitative estimate of drug-likeness (QED) is 0.104. The van der Waals surface area contributed by atoms with E-state index in [9.17, 15) is 45.4 Å². The van der Waals surface area contributed by atoms with Crippen molar-refractivity contribution in [1.29, 1.82) is 0 Å². The smallest absolute Gasteiger partial charge is 0.202 e. The second kappa shape index (κ2) is 13.0. The number of hydrogen-bond donors (Lipinski definition) is 5. The van der Waals surface area contributed by atoms with E-state index in [0.717, 1.165) is 6.92 Å². The molecule has 0 bridgehead atoms. The van der Waals surface area contributed by atoms with E-state index < -0.39 is 114 Å². The van der Waals surface area contributed by atoms with E-state index in [2.05, 4.69) is 10.0 Å². The number of methoxy groups -OCH3 is 1. The predicted molar refractivity (Wildman–Crippen MR) is 165 cm³/mol. The lowest BCUT2D eigenvalue weighted by Crippen LogP contribution is -2.54. The number of aliphatic hydroxyl groups is 3. The van der Waals surface area contributed by atoms with Gasteiger partial charge in [0.15, 0.2) is 24.1 Å². The second-order valence-electron chi connectivity index (χ2n) is 12.9. The minimum absolute atomic E-state index is 0.0508. The zero-order valence-electron chi connectivity index (χ0n) is 27.1. The van der Waals surface area contributed by atoms with Crippen molar-refractivity contribution in [3.63, 3.8) is 0 Å². The van der Waals surface area contributed by atoms with Gasteiger partial charge in [0, 0.05) is 47.3 Å². The Bertz CT molecular complexity index is 1750. The number of phenols is 2. The van der Waals surface area contributed by atoms with Gasteiger partial charge in [0.2, 0.25) is 5.78 Å². The van der Waals surface area contributed by atoms with Gasteiger partial charge in [-0.15, -0.1) is 0 Å². The summed E-state index contributed by atoms with van der Waals surface area (Å²) in [4.78, 5) is 43.2. The van der Waals surface area contributed by atoms with Crippen molar-refractivity contribution in [1.82, 2.24) is 0 Å². The standard InChI is InChI=1S/C33H37N3O13/c1-12-27(39)18(38)9-22(46-12)49-32-13(2)47-21(8-17(32)35-36-34)48-20-11-33(44,14(3)37)10-16-24(20)31(43)26-25(29(16)41)28(40)15-6-5-7-19(45-4)23(15)30(26)42/h5-7,12-13,17-18,20-22,27,32,38-39,41,43-44H,8-11H2,1-4H3/t12-,13-,17?,18-,20-,21-,22-,27-,32+,33-/m0/s1. The molecule has 2 aromatic carbocycles. The van der Waals surface area contributed by atoms with Gasteiger partial charge in [0.05, 0.1) is 60.4 Å². The van der Waals surface area contributed by atoms with Gasteiger partial charge in [0.1, 0.15) is 29.0 Å². The lowest BCUT2D eigenvalue weighted by Gasteiger charge is -2.44. The number of ether oxygens (including phenoxy) is 5. The highest BCUT2D eigenvalue weighted by Crippen LogP contribution is 2.52. The molecule has 0 radical (unpaired) electrons. The van der Waals surface area contributed by atoms with Crippen LogP contribution in [-0.2, 0) is 30.2 Å². The summed E-state index contributed by atoms with van der Waals surface area (Å²) in [6.45, 7) is 4.34.